The maximum absolute atomic E-state index is 12.8. The van der Waals surface area contributed by atoms with Crippen LogP contribution in [-0.4, -0.2) is 32.6 Å². The molecule has 0 radical (unpaired) electrons. The highest BCUT2D eigenvalue weighted by Gasteiger charge is 2.13. The van der Waals surface area contributed by atoms with Gasteiger partial charge in [0.1, 0.15) is 12.4 Å². The SMILES string of the molecule is CCOc1cc(C(=O)Nc2cnc(-c3cccc(O)c3)nc2)ccc1OCc1ccncc1. The van der Waals surface area contributed by atoms with Gasteiger partial charge in [-0.05, 0) is 55.0 Å². The van der Waals surface area contributed by atoms with E-state index in [9.17, 15) is 9.90 Å². The molecule has 0 saturated carbocycles. The standard InChI is InChI=1S/C25H22N4O4/c1-2-32-23-13-19(6-7-22(23)33-16-17-8-10-26-11-9-17)25(31)29-20-14-27-24(28-15-20)18-4-3-5-21(30)12-18/h3-15,30H,2,16H2,1H3,(H,29,31). The second-order valence-corrected chi connectivity index (χ2v) is 7.04. The van der Waals surface area contributed by atoms with Crippen molar-refractivity contribution < 1.29 is 19.4 Å². The lowest BCUT2D eigenvalue weighted by molar-refractivity contribution is 0.102. The number of carbonyl (C=O) groups excluding carboxylic acids is 1. The Bertz CT molecular complexity index is 1230. The minimum absolute atomic E-state index is 0.131. The Morgan fingerprint density at radius 3 is 2.48 bits per heavy atom. The Morgan fingerprint density at radius 2 is 1.76 bits per heavy atom. The first-order valence-electron chi connectivity index (χ1n) is 10.3. The number of phenols is 1. The van der Waals surface area contributed by atoms with Crippen LogP contribution in [0.25, 0.3) is 11.4 Å². The molecule has 0 fully saturated rings. The molecule has 0 atom stereocenters. The highest BCUT2D eigenvalue weighted by atomic mass is 16.5. The zero-order valence-corrected chi connectivity index (χ0v) is 17.9. The summed E-state index contributed by atoms with van der Waals surface area (Å²) in [5, 5.41) is 12.4. The highest BCUT2D eigenvalue weighted by molar-refractivity contribution is 6.04. The van der Waals surface area contributed by atoms with Crippen LogP contribution in [0.4, 0.5) is 5.69 Å². The monoisotopic (exact) mass is 442 g/mol. The second kappa shape index (κ2) is 10.2. The minimum atomic E-state index is -0.328. The summed E-state index contributed by atoms with van der Waals surface area (Å²) in [5.74, 6) is 1.27. The van der Waals surface area contributed by atoms with E-state index in [1.807, 2.05) is 19.1 Å². The van der Waals surface area contributed by atoms with Crippen molar-refractivity contribution in [2.75, 3.05) is 11.9 Å². The fourth-order valence-electron chi connectivity index (χ4n) is 3.07. The first-order valence-corrected chi connectivity index (χ1v) is 10.3. The van der Waals surface area contributed by atoms with Gasteiger partial charge in [-0.25, -0.2) is 9.97 Å². The topological polar surface area (TPSA) is 106 Å². The molecule has 1 amide bonds. The molecule has 2 N–H and O–H groups in total. The maximum atomic E-state index is 12.8. The van der Waals surface area contributed by atoms with Crippen LogP contribution in [0.1, 0.15) is 22.8 Å². The van der Waals surface area contributed by atoms with Crippen LogP contribution in [-0.2, 0) is 6.61 Å². The number of benzene rings is 2. The van der Waals surface area contributed by atoms with E-state index in [1.54, 1.807) is 54.9 Å². The molecule has 2 heterocycles. The van der Waals surface area contributed by atoms with Crippen LogP contribution in [0.2, 0.25) is 0 Å². The maximum Gasteiger partial charge on any atom is 0.255 e. The van der Waals surface area contributed by atoms with Crippen molar-refractivity contribution in [1.29, 1.82) is 0 Å². The van der Waals surface area contributed by atoms with Gasteiger partial charge < -0.3 is 19.9 Å². The van der Waals surface area contributed by atoms with E-state index < -0.39 is 0 Å². The predicted octanol–water partition coefficient (Wildman–Crippen LogP) is 4.47. The summed E-state index contributed by atoms with van der Waals surface area (Å²) >= 11 is 0. The minimum Gasteiger partial charge on any atom is -0.508 e. The first-order chi connectivity index (χ1) is 16.1. The molecule has 0 aliphatic heterocycles. The molecular weight excluding hydrogens is 420 g/mol. The van der Waals surface area contributed by atoms with Crippen molar-refractivity contribution in [3.63, 3.8) is 0 Å². The number of carbonyl (C=O) groups is 1. The van der Waals surface area contributed by atoms with Gasteiger partial charge in [0.15, 0.2) is 17.3 Å². The summed E-state index contributed by atoms with van der Waals surface area (Å²) < 4.78 is 11.5. The van der Waals surface area contributed by atoms with E-state index in [-0.39, 0.29) is 11.7 Å². The molecule has 0 aliphatic carbocycles. The van der Waals surface area contributed by atoms with E-state index in [0.29, 0.717) is 47.4 Å². The Labute approximate surface area is 190 Å². The Morgan fingerprint density at radius 1 is 0.970 bits per heavy atom. The third-order valence-corrected chi connectivity index (χ3v) is 4.66. The fraction of sp³-hybridized carbons (Fsp3) is 0.120. The van der Waals surface area contributed by atoms with Crippen LogP contribution in [0.15, 0.2) is 79.4 Å². The van der Waals surface area contributed by atoms with Gasteiger partial charge in [0.05, 0.1) is 24.7 Å². The number of hydrogen-bond donors (Lipinski definition) is 2. The molecule has 33 heavy (non-hydrogen) atoms. The molecule has 0 spiro atoms. The fourth-order valence-corrected chi connectivity index (χ4v) is 3.07. The van der Waals surface area contributed by atoms with Gasteiger partial charge in [0, 0.05) is 23.5 Å². The van der Waals surface area contributed by atoms with E-state index in [1.165, 1.54) is 12.4 Å². The number of nitrogens with zero attached hydrogens (tertiary/aromatic N) is 3. The van der Waals surface area contributed by atoms with Crippen LogP contribution < -0.4 is 14.8 Å². The van der Waals surface area contributed by atoms with Gasteiger partial charge in [0.25, 0.3) is 5.91 Å². The van der Waals surface area contributed by atoms with E-state index >= 15 is 0 Å². The Hall–Kier alpha value is -4.46. The molecule has 166 valence electrons. The molecule has 8 nitrogen and oxygen atoms in total. The van der Waals surface area contributed by atoms with Gasteiger partial charge in [-0.3, -0.25) is 9.78 Å². The van der Waals surface area contributed by atoms with Gasteiger partial charge in [-0.2, -0.15) is 0 Å². The van der Waals surface area contributed by atoms with Crippen molar-refractivity contribution in [3.8, 4) is 28.6 Å². The number of ether oxygens (including phenoxy) is 2. The zero-order valence-electron chi connectivity index (χ0n) is 17.9. The van der Waals surface area contributed by atoms with Gasteiger partial charge in [-0.15, -0.1) is 0 Å². The molecule has 2 aromatic carbocycles. The normalized spacial score (nSPS) is 10.5. The highest BCUT2D eigenvalue weighted by Crippen LogP contribution is 2.30. The smallest absolute Gasteiger partial charge is 0.255 e. The zero-order chi connectivity index (χ0) is 23.0. The molecule has 0 saturated heterocycles. The third kappa shape index (κ3) is 5.62. The van der Waals surface area contributed by atoms with E-state index in [0.717, 1.165) is 5.56 Å². The second-order valence-electron chi connectivity index (χ2n) is 7.04. The number of hydrogen-bond acceptors (Lipinski definition) is 7. The number of pyridine rings is 1. The number of nitrogens with one attached hydrogen (secondary N) is 1. The summed E-state index contributed by atoms with van der Waals surface area (Å²) in [6.07, 6.45) is 6.44. The Balaban J connectivity index is 1.45. The van der Waals surface area contributed by atoms with Crippen LogP contribution in [0.5, 0.6) is 17.2 Å². The summed E-state index contributed by atoms with van der Waals surface area (Å²) in [6, 6.07) is 15.4. The molecule has 4 rings (SSSR count). The van der Waals surface area contributed by atoms with Gasteiger partial charge in [-0.1, -0.05) is 12.1 Å². The van der Waals surface area contributed by atoms with Crippen LogP contribution in [0.3, 0.4) is 0 Å². The number of anilines is 1. The van der Waals surface area contributed by atoms with Crippen molar-refractivity contribution in [2.45, 2.75) is 13.5 Å². The number of amides is 1. The molecule has 0 aliphatic rings. The summed E-state index contributed by atoms with van der Waals surface area (Å²) in [6.45, 7) is 2.66. The van der Waals surface area contributed by atoms with Crippen LogP contribution >= 0.6 is 0 Å². The van der Waals surface area contributed by atoms with Crippen molar-refractivity contribution >= 4 is 11.6 Å². The molecule has 0 unspecified atom stereocenters. The molecular formula is C25H22N4O4. The van der Waals surface area contributed by atoms with E-state index in [2.05, 4.69) is 20.3 Å². The molecule has 8 heteroatoms. The van der Waals surface area contributed by atoms with Crippen molar-refractivity contribution in [2.24, 2.45) is 0 Å². The molecule has 2 aromatic heterocycles. The quantitative estimate of drug-likeness (QED) is 0.414. The Kier molecular flexibility index (Phi) is 6.75. The number of phenolic OH excluding ortho intramolecular Hbond substituents is 1. The molecule has 4 aromatic rings. The first kappa shape index (κ1) is 21.8. The number of rotatable bonds is 8. The van der Waals surface area contributed by atoms with Crippen molar-refractivity contribution in [1.82, 2.24) is 15.0 Å². The predicted molar refractivity (Wildman–Crippen MR) is 123 cm³/mol. The summed E-state index contributed by atoms with van der Waals surface area (Å²) in [5.41, 5.74) is 2.51. The van der Waals surface area contributed by atoms with Gasteiger partial charge >= 0.3 is 0 Å². The summed E-state index contributed by atoms with van der Waals surface area (Å²) in [7, 11) is 0. The lowest BCUT2D eigenvalue weighted by Gasteiger charge is -2.13. The van der Waals surface area contributed by atoms with E-state index in [4.69, 9.17) is 9.47 Å². The number of aromatic hydroxyl groups is 1. The average Bonchev–Trinajstić information content (AvgIpc) is 2.84. The van der Waals surface area contributed by atoms with Gasteiger partial charge in [0.2, 0.25) is 0 Å². The van der Waals surface area contributed by atoms with Crippen molar-refractivity contribution in [3.05, 3.63) is 90.5 Å². The lowest BCUT2D eigenvalue weighted by atomic mass is 10.2. The average molecular weight is 442 g/mol. The lowest BCUT2D eigenvalue weighted by Crippen LogP contribution is -2.13. The number of aromatic nitrogens is 3. The third-order valence-electron chi connectivity index (χ3n) is 4.66. The molecule has 0 bridgehead atoms. The van der Waals surface area contributed by atoms with Crippen LogP contribution in [0, 0.1) is 0 Å². The summed E-state index contributed by atoms with van der Waals surface area (Å²) in [4.78, 5) is 25.3. The largest absolute Gasteiger partial charge is 0.508 e.